The van der Waals surface area contributed by atoms with Crippen LogP contribution >= 0.6 is 0 Å². The van der Waals surface area contributed by atoms with Crippen LogP contribution in [-0.2, 0) is 0 Å². The van der Waals surface area contributed by atoms with E-state index in [0.29, 0.717) is 0 Å². The predicted octanol–water partition coefficient (Wildman–Crippen LogP) is 4.11. The van der Waals surface area contributed by atoms with Gasteiger partial charge in [0.2, 0.25) is 0 Å². The number of para-hydroxylation sites is 1. The fourth-order valence-corrected chi connectivity index (χ4v) is 1.26. The maximum absolute atomic E-state index is 4.06. The molecule has 0 aromatic heterocycles. The van der Waals surface area contributed by atoms with E-state index in [4.69, 9.17) is 0 Å². The third-order valence-corrected chi connectivity index (χ3v) is 2.15. The fraction of sp³-hybridized carbons (Fsp3) is 0.0769. The smallest absolute Gasteiger partial charge is 0.0874 e. The lowest BCUT2D eigenvalue weighted by Crippen LogP contribution is -1.84. The van der Waals surface area contributed by atoms with Gasteiger partial charge >= 0.3 is 0 Å². The summed E-state index contributed by atoms with van der Waals surface area (Å²) in [6.45, 7) is 2.04. The van der Waals surface area contributed by atoms with E-state index in [-0.39, 0.29) is 0 Å². The molecule has 0 spiro atoms. The summed E-state index contributed by atoms with van der Waals surface area (Å²) in [5.74, 6) is 0. The van der Waals surface area contributed by atoms with Crippen LogP contribution in [0.3, 0.4) is 0 Å². The van der Waals surface area contributed by atoms with Gasteiger partial charge in [0, 0.05) is 0 Å². The maximum atomic E-state index is 4.06. The van der Waals surface area contributed by atoms with Crippen molar-refractivity contribution in [1.29, 1.82) is 0 Å². The normalized spacial score (nSPS) is 10.6. The first-order valence-electron chi connectivity index (χ1n) is 5.13. The highest BCUT2D eigenvalue weighted by atomic mass is 15.4. The average molecular weight is 211 g/mol. The van der Waals surface area contributed by atoms with Gasteiger partial charge in [0.05, 0.1) is 11.4 Å². The standard InChI is InChI=1S/C13H13N3/c1-11-7-9-13(10-8-11)15-16-14-12-5-3-2-4-6-12/h2-10H,1H3,(H,14,15). The van der Waals surface area contributed by atoms with Crippen LogP contribution < -0.4 is 5.43 Å². The van der Waals surface area contributed by atoms with E-state index in [9.17, 15) is 0 Å². The molecule has 2 aromatic rings. The molecule has 80 valence electrons. The molecule has 0 unspecified atom stereocenters. The molecule has 0 aliphatic rings. The van der Waals surface area contributed by atoms with Crippen molar-refractivity contribution in [2.45, 2.75) is 6.92 Å². The summed E-state index contributed by atoms with van der Waals surface area (Å²) in [4.78, 5) is 0. The Balaban J connectivity index is 1.98. The van der Waals surface area contributed by atoms with Gasteiger partial charge in [0.15, 0.2) is 0 Å². The molecule has 3 heteroatoms. The molecule has 0 fully saturated rings. The summed E-state index contributed by atoms with van der Waals surface area (Å²) >= 11 is 0. The molecule has 2 aromatic carbocycles. The Hall–Kier alpha value is -2.16. The van der Waals surface area contributed by atoms with Crippen LogP contribution in [0.5, 0.6) is 0 Å². The van der Waals surface area contributed by atoms with Crippen molar-refractivity contribution in [2.75, 3.05) is 5.43 Å². The Bertz CT molecular complexity index is 460. The van der Waals surface area contributed by atoms with Crippen molar-refractivity contribution in [3.05, 3.63) is 60.2 Å². The zero-order valence-electron chi connectivity index (χ0n) is 9.09. The molecule has 0 radical (unpaired) electrons. The van der Waals surface area contributed by atoms with Crippen LogP contribution in [0.25, 0.3) is 0 Å². The molecule has 3 nitrogen and oxygen atoms in total. The zero-order chi connectivity index (χ0) is 11.2. The van der Waals surface area contributed by atoms with Crippen LogP contribution in [0, 0.1) is 6.92 Å². The van der Waals surface area contributed by atoms with Crippen molar-refractivity contribution in [2.24, 2.45) is 10.3 Å². The van der Waals surface area contributed by atoms with Crippen LogP contribution in [0.4, 0.5) is 11.4 Å². The number of aryl methyl sites for hydroxylation is 1. The first-order valence-corrected chi connectivity index (χ1v) is 5.13. The minimum atomic E-state index is 0.842. The summed E-state index contributed by atoms with van der Waals surface area (Å²) < 4.78 is 0. The minimum absolute atomic E-state index is 0.842. The first kappa shape index (κ1) is 10.4. The van der Waals surface area contributed by atoms with Gasteiger partial charge in [0.1, 0.15) is 0 Å². The molecule has 0 heterocycles. The highest BCUT2D eigenvalue weighted by Crippen LogP contribution is 2.13. The second kappa shape index (κ2) is 5.07. The van der Waals surface area contributed by atoms with E-state index in [1.54, 1.807) is 0 Å². The lowest BCUT2D eigenvalue weighted by atomic mass is 10.2. The van der Waals surface area contributed by atoms with Crippen molar-refractivity contribution in [3.63, 3.8) is 0 Å². The van der Waals surface area contributed by atoms with Crippen molar-refractivity contribution < 1.29 is 0 Å². The lowest BCUT2D eigenvalue weighted by molar-refractivity contribution is 1.13. The largest absolute Gasteiger partial charge is 0.260 e. The van der Waals surface area contributed by atoms with Crippen molar-refractivity contribution in [1.82, 2.24) is 0 Å². The number of rotatable bonds is 3. The average Bonchev–Trinajstić information content (AvgIpc) is 2.33. The molecule has 2 rings (SSSR count). The summed E-state index contributed by atoms with van der Waals surface area (Å²) in [7, 11) is 0. The number of hydrogen-bond donors (Lipinski definition) is 1. The number of anilines is 1. The molecular weight excluding hydrogens is 198 g/mol. The monoisotopic (exact) mass is 211 g/mol. The summed E-state index contributed by atoms with van der Waals surface area (Å²) in [6.07, 6.45) is 0. The van der Waals surface area contributed by atoms with Crippen molar-refractivity contribution in [3.8, 4) is 0 Å². The summed E-state index contributed by atoms with van der Waals surface area (Å²) in [6, 6.07) is 17.6. The predicted molar refractivity (Wildman–Crippen MR) is 65.8 cm³/mol. The van der Waals surface area contributed by atoms with Crippen LogP contribution in [0.2, 0.25) is 0 Å². The molecule has 0 amide bonds. The summed E-state index contributed by atoms with van der Waals surface area (Å²) in [5.41, 5.74) is 5.85. The molecule has 0 aliphatic carbocycles. The third kappa shape index (κ3) is 2.92. The van der Waals surface area contributed by atoms with Gasteiger partial charge in [-0.2, -0.15) is 0 Å². The van der Waals surface area contributed by atoms with E-state index >= 15 is 0 Å². The number of nitrogens with one attached hydrogen (secondary N) is 1. The number of nitrogens with zero attached hydrogens (tertiary/aromatic N) is 2. The number of hydrogen-bond acceptors (Lipinski definition) is 2. The third-order valence-electron chi connectivity index (χ3n) is 2.15. The maximum Gasteiger partial charge on any atom is 0.0874 e. The highest BCUT2D eigenvalue weighted by Gasteiger charge is 1.88. The molecule has 16 heavy (non-hydrogen) atoms. The van der Waals surface area contributed by atoms with E-state index in [2.05, 4.69) is 15.8 Å². The Morgan fingerprint density at radius 1 is 0.875 bits per heavy atom. The van der Waals surface area contributed by atoms with Gasteiger partial charge < -0.3 is 0 Å². The Morgan fingerprint density at radius 2 is 1.56 bits per heavy atom. The van der Waals surface area contributed by atoms with Gasteiger partial charge in [-0.1, -0.05) is 41.1 Å². The highest BCUT2D eigenvalue weighted by molar-refractivity contribution is 5.42. The van der Waals surface area contributed by atoms with Crippen LogP contribution in [0.1, 0.15) is 5.56 Å². The fourth-order valence-electron chi connectivity index (χ4n) is 1.26. The lowest BCUT2D eigenvalue weighted by Gasteiger charge is -1.97. The van der Waals surface area contributed by atoms with Gasteiger partial charge in [-0.15, -0.1) is 5.11 Å². The molecule has 0 saturated heterocycles. The van der Waals surface area contributed by atoms with Gasteiger partial charge in [-0.25, -0.2) is 0 Å². The first-order chi connectivity index (χ1) is 7.84. The van der Waals surface area contributed by atoms with E-state index in [0.717, 1.165) is 11.4 Å². The second-order valence-corrected chi connectivity index (χ2v) is 3.51. The topological polar surface area (TPSA) is 36.8 Å². The van der Waals surface area contributed by atoms with Gasteiger partial charge in [0.25, 0.3) is 0 Å². The van der Waals surface area contributed by atoms with Gasteiger partial charge in [-0.3, -0.25) is 5.43 Å². The molecule has 0 atom stereocenters. The van der Waals surface area contributed by atoms with E-state index in [1.165, 1.54) is 5.56 Å². The second-order valence-electron chi connectivity index (χ2n) is 3.51. The minimum Gasteiger partial charge on any atom is -0.260 e. The molecule has 0 aliphatic heterocycles. The quantitative estimate of drug-likeness (QED) is 0.602. The van der Waals surface area contributed by atoms with Crippen molar-refractivity contribution >= 4 is 11.4 Å². The van der Waals surface area contributed by atoms with Crippen LogP contribution in [-0.4, -0.2) is 0 Å². The number of benzene rings is 2. The van der Waals surface area contributed by atoms with Crippen LogP contribution in [0.15, 0.2) is 64.9 Å². The molecule has 1 N–H and O–H groups in total. The van der Waals surface area contributed by atoms with E-state index < -0.39 is 0 Å². The summed E-state index contributed by atoms with van der Waals surface area (Å²) in [5, 5.41) is 7.97. The Labute approximate surface area is 94.8 Å². The van der Waals surface area contributed by atoms with Gasteiger partial charge in [-0.05, 0) is 31.2 Å². The molecule has 0 bridgehead atoms. The Morgan fingerprint density at radius 3 is 2.25 bits per heavy atom. The molecule has 0 saturated carbocycles. The SMILES string of the molecule is Cc1ccc(N=NNc2ccccc2)cc1. The van der Waals surface area contributed by atoms with E-state index in [1.807, 2.05) is 61.5 Å². The Kier molecular flexibility index (Phi) is 3.28. The molecular formula is C13H13N3. The zero-order valence-corrected chi connectivity index (χ0v) is 9.09.